The number of amides is 1. The molecular weight excluding hydrogens is 574 g/mol. The molecule has 8 rings (SSSR count). The number of hydrogen-bond donors (Lipinski definition) is 1. The minimum absolute atomic E-state index is 0.0240. The number of oxazole rings is 1. The van der Waals surface area contributed by atoms with Gasteiger partial charge in [0, 0.05) is 23.9 Å². The van der Waals surface area contributed by atoms with Gasteiger partial charge in [-0.3, -0.25) is 4.79 Å². The van der Waals surface area contributed by atoms with Crippen molar-refractivity contribution in [2.45, 2.75) is 65.3 Å². The fourth-order valence-electron chi connectivity index (χ4n) is 8.81. The standard InChI is InChI=1S/C35H43N3O5S/c1-23-30(37-32(43-23)25-9-5-4-6-10-25)13-15-42-28-11-7-8-24(17-28)16-26-19-36-20-29(26)33(39)38-31-18-27-12-14-35(31,21-34(27,2)3)22-44(38,40)41/h4-11,17,26-27,29,31,36H,12-16,18-22H2,1-3H3/t26-,27?,29-,31-,35-/m1/s1. The van der Waals surface area contributed by atoms with Gasteiger partial charge in [-0.05, 0) is 92.7 Å². The van der Waals surface area contributed by atoms with Crippen molar-refractivity contribution in [2.24, 2.45) is 28.6 Å². The van der Waals surface area contributed by atoms with Crippen LogP contribution >= 0.6 is 0 Å². The van der Waals surface area contributed by atoms with Crippen LogP contribution in [0, 0.1) is 35.5 Å². The summed E-state index contributed by atoms with van der Waals surface area (Å²) >= 11 is 0. The van der Waals surface area contributed by atoms with Crippen molar-refractivity contribution in [1.29, 1.82) is 0 Å². The van der Waals surface area contributed by atoms with Gasteiger partial charge in [0.2, 0.25) is 21.8 Å². The van der Waals surface area contributed by atoms with Gasteiger partial charge in [0.15, 0.2) is 0 Å². The van der Waals surface area contributed by atoms with E-state index in [1.54, 1.807) is 0 Å². The molecule has 1 amide bonds. The molecule has 3 heterocycles. The summed E-state index contributed by atoms with van der Waals surface area (Å²) in [6.07, 6.45) is 4.99. The quantitative estimate of drug-likeness (QED) is 0.361. The predicted octanol–water partition coefficient (Wildman–Crippen LogP) is 5.41. The number of benzene rings is 2. The van der Waals surface area contributed by atoms with Crippen molar-refractivity contribution in [2.75, 3.05) is 25.4 Å². The lowest BCUT2D eigenvalue weighted by Gasteiger charge is -2.57. The van der Waals surface area contributed by atoms with Crippen molar-refractivity contribution in [3.63, 3.8) is 0 Å². The van der Waals surface area contributed by atoms with Crippen LogP contribution in [0.25, 0.3) is 11.5 Å². The van der Waals surface area contributed by atoms with Gasteiger partial charge in [-0.25, -0.2) is 17.7 Å². The largest absolute Gasteiger partial charge is 0.493 e. The van der Waals surface area contributed by atoms with E-state index in [2.05, 4.69) is 30.2 Å². The molecule has 1 unspecified atom stereocenters. The van der Waals surface area contributed by atoms with E-state index in [4.69, 9.17) is 9.15 Å². The molecule has 3 saturated carbocycles. The normalized spacial score (nSPS) is 29.9. The van der Waals surface area contributed by atoms with Crippen LogP contribution in [0.4, 0.5) is 0 Å². The van der Waals surface area contributed by atoms with E-state index in [1.807, 2.05) is 55.5 Å². The van der Waals surface area contributed by atoms with Crippen molar-refractivity contribution in [1.82, 2.24) is 14.6 Å². The number of rotatable bonds is 8. The number of aryl methyl sites for hydroxylation is 1. The average molecular weight is 618 g/mol. The Hall–Kier alpha value is -3.17. The van der Waals surface area contributed by atoms with Crippen molar-refractivity contribution >= 4 is 15.9 Å². The zero-order valence-corrected chi connectivity index (χ0v) is 26.7. The first-order valence-electron chi connectivity index (χ1n) is 16.0. The monoisotopic (exact) mass is 617 g/mol. The molecule has 5 aliphatic rings. The summed E-state index contributed by atoms with van der Waals surface area (Å²) in [4.78, 5) is 18.8. The molecule has 2 bridgehead atoms. The van der Waals surface area contributed by atoms with Gasteiger partial charge in [-0.1, -0.05) is 44.2 Å². The smallest absolute Gasteiger partial charge is 0.241 e. The van der Waals surface area contributed by atoms with Crippen LogP contribution in [0.15, 0.2) is 59.0 Å². The summed E-state index contributed by atoms with van der Waals surface area (Å²) in [7, 11) is -3.63. The van der Waals surface area contributed by atoms with Gasteiger partial charge in [-0.15, -0.1) is 0 Å². The van der Waals surface area contributed by atoms with Gasteiger partial charge in [-0.2, -0.15) is 0 Å². The molecule has 2 aromatic carbocycles. The molecule has 9 heteroatoms. The molecule has 3 aromatic rings. The van der Waals surface area contributed by atoms with E-state index >= 15 is 0 Å². The second-order valence-corrected chi connectivity index (χ2v) is 16.1. The maximum absolute atomic E-state index is 14.1. The molecular formula is C35H43N3O5S. The predicted molar refractivity (Wildman–Crippen MR) is 168 cm³/mol. The molecule has 1 spiro atoms. The van der Waals surface area contributed by atoms with E-state index in [0.29, 0.717) is 44.3 Å². The third kappa shape index (κ3) is 5.26. The Morgan fingerprint density at radius 3 is 2.75 bits per heavy atom. The number of fused-ring (bicyclic) bond motifs is 2. The number of sulfonamides is 1. The number of aromatic nitrogens is 1. The molecule has 5 fully saturated rings. The fourth-order valence-corrected chi connectivity index (χ4v) is 11.2. The highest BCUT2D eigenvalue weighted by molar-refractivity contribution is 7.90. The second kappa shape index (κ2) is 11.0. The SMILES string of the molecule is Cc1oc(-c2ccccc2)nc1CCOc1cccc(C[C@@H]2CNC[C@H]2C(=O)N2[C@@H]3CC4CC[C@@]3(CC4(C)C)CS2(=O)=O)c1. The number of carbonyl (C=O) groups is 1. The topological polar surface area (TPSA) is 102 Å². The first-order valence-corrected chi connectivity index (χ1v) is 17.7. The molecule has 0 radical (unpaired) electrons. The number of hydrogen-bond acceptors (Lipinski definition) is 7. The fraction of sp³-hybridized carbons (Fsp3) is 0.543. The Kier molecular flexibility index (Phi) is 7.40. The Labute approximate surface area is 260 Å². The molecule has 2 saturated heterocycles. The zero-order chi connectivity index (χ0) is 30.7. The third-order valence-corrected chi connectivity index (χ3v) is 12.9. The maximum atomic E-state index is 14.1. The lowest BCUT2D eigenvalue weighted by atomic mass is 9.49. The van der Waals surface area contributed by atoms with Crippen LogP contribution in [0.5, 0.6) is 5.75 Å². The number of carbonyl (C=O) groups excluding carboxylic acids is 1. The van der Waals surface area contributed by atoms with E-state index in [9.17, 15) is 13.2 Å². The van der Waals surface area contributed by atoms with Crippen molar-refractivity contribution < 1.29 is 22.4 Å². The minimum Gasteiger partial charge on any atom is -0.493 e. The number of ether oxygens (including phenoxy) is 1. The second-order valence-electron chi connectivity index (χ2n) is 14.3. The molecule has 234 valence electrons. The summed E-state index contributed by atoms with van der Waals surface area (Å²) in [5, 5.41) is 3.39. The summed E-state index contributed by atoms with van der Waals surface area (Å²) in [5.41, 5.74) is 2.76. The zero-order valence-electron chi connectivity index (χ0n) is 25.9. The van der Waals surface area contributed by atoms with E-state index < -0.39 is 10.0 Å². The Bertz CT molecular complexity index is 1650. The van der Waals surface area contributed by atoms with E-state index in [1.165, 1.54) is 4.31 Å². The van der Waals surface area contributed by atoms with Gasteiger partial charge in [0.25, 0.3) is 0 Å². The Morgan fingerprint density at radius 1 is 1.14 bits per heavy atom. The highest BCUT2D eigenvalue weighted by atomic mass is 32.2. The van der Waals surface area contributed by atoms with Gasteiger partial charge >= 0.3 is 0 Å². The number of nitrogens with zero attached hydrogens (tertiary/aromatic N) is 2. The first-order chi connectivity index (χ1) is 21.0. The van der Waals surface area contributed by atoms with Crippen LogP contribution in [-0.4, -0.2) is 55.1 Å². The maximum Gasteiger partial charge on any atom is 0.241 e. The van der Waals surface area contributed by atoms with E-state index in [-0.39, 0.29) is 40.4 Å². The summed E-state index contributed by atoms with van der Waals surface area (Å²) in [5.74, 6) is 2.24. The lowest BCUT2D eigenvalue weighted by molar-refractivity contribution is -0.139. The van der Waals surface area contributed by atoms with Gasteiger partial charge in [0.1, 0.15) is 11.5 Å². The molecule has 5 atom stereocenters. The first kappa shape index (κ1) is 29.5. The Morgan fingerprint density at radius 2 is 1.95 bits per heavy atom. The van der Waals surface area contributed by atoms with Gasteiger partial charge < -0.3 is 14.5 Å². The van der Waals surface area contributed by atoms with Crippen molar-refractivity contribution in [3.8, 4) is 17.2 Å². The van der Waals surface area contributed by atoms with Crippen molar-refractivity contribution in [3.05, 3.63) is 71.6 Å². The Balaban J connectivity index is 1.00. The summed E-state index contributed by atoms with van der Waals surface area (Å²) in [6, 6.07) is 17.7. The number of nitrogens with one attached hydrogen (secondary N) is 1. The van der Waals surface area contributed by atoms with Crippen LogP contribution in [-0.2, 0) is 27.7 Å². The molecule has 2 aliphatic heterocycles. The average Bonchev–Trinajstić information content (AvgIpc) is 3.65. The highest BCUT2D eigenvalue weighted by Crippen LogP contribution is 2.63. The van der Waals surface area contributed by atoms with Crippen LogP contribution < -0.4 is 10.1 Å². The molecule has 44 heavy (non-hydrogen) atoms. The third-order valence-electron chi connectivity index (χ3n) is 11.0. The molecule has 1 N–H and O–H groups in total. The van der Waals surface area contributed by atoms with Crippen LogP contribution in [0.2, 0.25) is 0 Å². The highest BCUT2D eigenvalue weighted by Gasteiger charge is 2.65. The summed E-state index contributed by atoms with van der Waals surface area (Å²) in [6.45, 7) is 8.15. The van der Waals surface area contributed by atoms with Gasteiger partial charge in [0.05, 0.1) is 30.0 Å². The molecule has 1 aromatic heterocycles. The molecule has 3 aliphatic carbocycles. The lowest BCUT2D eigenvalue weighted by Crippen LogP contribution is -2.57. The molecule has 8 nitrogen and oxygen atoms in total. The van der Waals surface area contributed by atoms with E-state index in [0.717, 1.165) is 54.0 Å². The van der Waals surface area contributed by atoms with Crippen LogP contribution in [0.3, 0.4) is 0 Å². The minimum atomic E-state index is -3.63. The summed E-state index contributed by atoms with van der Waals surface area (Å²) < 4.78 is 40.5. The van der Waals surface area contributed by atoms with Crippen LogP contribution in [0.1, 0.15) is 56.5 Å².